The normalized spacial score (nSPS) is 29.5. The number of carbonyl (C=O) groups excluding carboxylic acids is 1. The summed E-state index contributed by atoms with van der Waals surface area (Å²) in [5.74, 6) is 3.43. The number of carbonyl (C=O) groups is 1. The Hall–Kier alpha value is -1.90. The molecule has 3 nitrogen and oxygen atoms in total. The molecular formula is C29H42N2O. The number of hydrogen-bond acceptors (Lipinski definition) is 3. The van der Waals surface area contributed by atoms with Gasteiger partial charge in [0.05, 0.1) is 11.7 Å². The summed E-state index contributed by atoms with van der Waals surface area (Å²) >= 11 is 0. The van der Waals surface area contributed by atoms with E-state index in [9.17, 15) is 4.79 Å². The Kier molecular flexibility index (Phi) is 7.53. The smallest absolute Gasteiger partial charge is 0.138 e. The first-order valence-corrected chi connectivity index (χ1v) is 13.1. The van der Waals surface area contributed by atoms with Crippen molar-refractivity contribution >= 4 is 11.6 Å². The fourth-order valence-corrected chi connectivity index (χ4v) is 5.94. The van der Waals surface area contributed by atoms with E-state index in [1.807, 2.05) is 0 Å². The second-order valence-electron chi connectivity index (χ2n) is 10.7. The number of aliphatic imine (C=N–C) groups is 1. The number of likely N-dealkylation sites (N-methyl/N-ethyl adjacent to an activating group) is 1. The first-order chi connectivity index (χ1) is 15.5. The van der Waals surface area contributed by atoms with Crippen LogP contribution in [-0.4, -0.2) is 29.6 Å². The SMILES string of the molecule is CCC(C)CCC(C)C(=O)C1CCCC(C2=CCCC(C3=NC4=CC=CCC4N3C)=C2)C1. The van der Waals surface area contributed by atoms with Crippen LogP contribution in [0, 0.1) is 23.7 Å². The first-order valence-electron chi connectivity index (χ1n) is 13.1. The Balaban J connectivity index is 1.41. The van der Waals surface area contributed by atoms with Gasteiger partial charge >= 0.3 is 0 Å². The number of fused-ring (bicyclic) bond motifs is 1. The second-order valence-corrected chi connectivity index (χ2v) is 10.7. The zero-order valence-corrected chi connectivity index (χ0v) is 20.6. The molecule has 4 aliphatic rings. The molecule has 0 aromatic carbocycles. The summed E-state index contributed by atoms with van der Waals surface area (Å²) in [4.78, 5) is 20.6. The lowest BCUT2D eigenvalue weighted by Crippen LogP contribution is -2.33. The van der Waals surface area contributed by atoms with Gasteiger partial charge in [-0.15, -0.1) is 0 Å². The summed E-state index contributed by atoms with van der Waals surface area (Å²) in [6.45, 7) is 6.73. The van der Waals surface area contributed by atoms with E-state index in [1.165, 1.54) is 42.5 Å². The molecule has 0 N–H and O–H groups in total. The summed E-state index contributed by atoms with van der Waals surface area (Å²) in [5, 5.41) is 0. The number of Topliss-reactive ketones (excluding diaryl/α,β-unsaturated/α-hetero) is 1. The molecule has 32 heavy (non-hydrogen) atoms. The van der Waals surface area contributed by atoms with Gasteiger partial charge in [0, 0.05) is 18.9 Å². The van der Waals surface area contributed by atoms with Crippen molar-refractivity contribution in [2.75, 3.05) is 7.05 Å². The first kappa shape index (κ1) is 23.3. The highest BCUT2D eigenvalue weighted by molar-refractivity contribution is 6.01. The van der Waals surface area contributed by atoms with Gasteiger partial charge in [0.15, 0.2) is 0 Å². The number of nitrogens with zero attached hydrogens (tertiary/aromatic N) is 2. The third-order valence-corrected chi connectivity index (χ3v) is 8.39. The predicted octanol–water partition coefficient (Wildman–Crippen LogP) is 7.03. The van der Waals surface area contributed by atoms with Crippen molar-refractivity contribution in [3.63, 3.8) is 0 Å². The van der Waals surface area contributed by atoms with Crippen molar-refractivity contribution in [2.45, 2.75) is 91.0 Å². The van der Waals surface area contributed by atoms with Gasteiger partial charge in [-0.05, 0) is 74.0 Å². The maximum atomic E-state index is 13.2. The van der Waals surface area contributed by atoms with Gasteiger partial charge in [-0.25, -0.2) is 4.99 Å². The summed E-state index contributed by atoms with van der Waals surface area (Å²) < 4.78 is 0. The lowest BCUT2D eigenvalue weighted by molar-refractivity contribution is -0.127. The third kappa shape index (κ3) is 5.02. The van der Waals surface area contributed by atoms with Crippen molar-refractivity contribution in [2.24, 2.45) is 28.7 Å². The zero-order chi connectivity index (χ0) is 22.7. The van der Waals surface area contributed by atoms with E-state index in [0.29, 0.717) is 17.7 Å². The van der Waals surface area contributed by atoms with Crippen LogP contribution in [0.4, 0.5) is 0 Å². The lowest BCUT2D eigenvalue weighted by Gasteiger charge is -2.32. The van der Waals surface area contributed by atoms with Crippen molar-refractivity contribution in [3.05, 3.63) is 47.2 Å². The Bertz CT molecular complexity index is 858. The molecule has 5 atom stereocenters. The minimum Gasteiger partial charge on any atom is -0.351 e. The van der Waals surface area contributed by atoms with Gasteiger partial charge in [0.2, 0.25) is 0 Å². The van der Waals surface area contributed by atoms with Gasteiger partial charge < -0.3 is 4.90 Å². The van der Waals surface area contributed by atoms with Crippen LogP contribution in [0.2, 0.25) is 0 Å². The van der Waals surface area contributed by atoms with E-state index in [4.69, 9.17) is 4.99 Å². The molecule has 0 aromatic rings. The third-order valence-electron chi connectivity index (χ3n) is 8.39. The van der Waals surface area contributed by atoms with Gasteiger partial charge in [-0.3, -0.25) is 4.79 Å². The van der Waals surface area contributed by atoms with Crippen LogP contribution >= 0.6 is 0 Å². The fourth-order valence-electron chi connectivity index (χ4n) is 5.94. The summed E-state index contributed by atoms with van der Waals surface area (Å²) in [7, 11) is 2.19. The molecule has 1 fully saturated rings. The Morgan fingerprint density at radius 2 is 2.09 bits per heavy atom. The molecule has 0 amide bonds. The second kappa shape index (κ2) is 10.4. The average Bonchev–Trinajstić information content (AvgIpc) is 3.18. The van der Waals surface area contributed by atoms with Crippen molar-refractivity contribution in [1.82, 2.24) is 4.90 Å². The van der Waals surface area contributed by atoms with E-state index >= 15 is 0 Å². The van der Waals surface area contributed by atoms with Crippen LogP contribution in [0.1, 0.15) is 85.0 Å². The number of ketones is 1. The molecule has 0 radical (unpaired) electrons. The largest absolute Gasteiger partial charge is 0.351 e. The zero-order valence-electron chi connectivity index (χ0n) is 20.6. The van der Waals surface area contributed by atoms with E-state index in [-0.39, 0.29) is 11.8 Å². The van der Waals surface area contributed by atoms with Crippen molar-refractivity contribution < 1.29 is 4.79 Å². The monoisotopic (exact) mass is 434 g/mol. The number of hydrogen-bond donors (Lipinski definition) is 0. The Morgan fingerprint density at radius 3 is 2.88 bits per heavy atom. The highest BCUT2D eigenvalue weighted by atomic mass is 16.1. The molecule has 0 aromatic heterocycles. The summed E-state index contributed by atoms with van der Waals surface area (Å²) in [6.07, 6.45) is 22.6. The number of allylic oxidation sites excluding steroid dienone is 5. The molecule has 1 saturated carbocycles. The van der Waals surface area contributed by atoms with Crippen molar-refractivity contribution in [1.29, 1.82) is 0 Å². The van der Waals surface area contributed by atoms with Crippen LogP contribution in [0.25, 0.3) is 0 Å². The molecule has 1 heterocycles. The maximum Gasteiger partial charge on any atom is 0.138 e. The standard InChI is InChI=1S/C29H42N2O/c1-5-20(2)16-17-21(3)28(32)24-12-8-10-22(18-24)23-11-9-13-25(19-23)29-30-26-14-6-7-15-27(26)31(29)4/h6-7,11,14,19-22,24,27H,5,8-10,12-13,15-18H2,1-4H3. The molecule has 0 saturated heterocycles. The van der Waals surface area contributed by atoms with Crippen LogP contribution in [0.3, 0.4) is 0 Å². The molecule has 0 bridgehead atoms. The predicted molar refractivity (Wildman–Crippen MR) is 135 cm³/mol. The molecule has 3 aliphatic carbocycles. The van der Waals surface area contributed by atoms with Crippen LogP contribution in [0.15, 0.2) is 52.2 Å². The summed E-state index contributed by atoms with van der Waals surface area (Å²) in [6, 6.07) is 0.402. The average molecular weight is 435 g/mol. The lowest BCUT2D eigenvalue weighted by atomic mass is 9.72. The summed E-state index contributed by atoms with van der Waals surface area (Å²) in [5.41, 5.74) is 4.06. The van der Waals surface area contributed by atoms with Crippen LogP contribution in [-0.2, 0) is 4.79 Å². The molecule has 0 spiro atoms. The molecule has 1 aliphatic heterocycles. The van der Waals surface area contributed by atoms with Gasteiger partial charge in [-0.1, -0.05) is 64.3 Å². The highest BCUT2D eigenvalue weighted by Gasteiger charge is 2.34. The fraction of sp³-hybridized carbons (Fsp3) is 0.655. The van der Waals surface area contributed by atoms with Crippen LogP contribution < -0.4 is 0 Å². The molecule has 4 rings (SSSR count). The molecule has 5 unspecified atom stereocenters. The van der Waals surface area contributed by atoms with E-state index < -0.39 is 0 Å². The minimum atomic E-state index is 0.214. The molecule has 174 valence electrons. The Morgan fingerprint density at radius 1 is 1.25 bits per heavy atom. The van der Waals surface area contributed by atoms with Crippen LogP contribution in [0.5, 0.6) is 0 Å². The highest BCUT2D eigenvalue weighted by Crippen LogP contribution is 2.39. The topological polar surface area (TPSA) is 32.7 Å². The van der Waals surface area contributed by atoms with E-state index in [2.05, 4.69) is 63.1 Å². The quantitative estimate of drug-likeness (QED) is 0.411. The van der Waals surface area contributed by atoms with E-state index in [0.717, 1.165) is 50.3 Å². The number of amidine groups is 1. The molecular weight excluding hydrogens is 392 g/mol. The minimum absolute atomic E-state index is 0.214. The van der Waals surface area contributed by atoms with Gasteiger partial charge in [0.25, 0.3) is 0 Å². The van der Waals surface area contributed by atoms with Crippen molar-refractivity contribution in [3.8, 4) is 0 Å². The van der Waals surface area contributed by atoms with Gasteiger partial charge in [-0.2, -0.15) is 0 Å². The number of rotatable bonds is 8. The molecule has 3 heteroatoms. The van der Waals surface area contributed by atoms with E-state index in [1.54, 1.807) is 0 Å². The maximum absolute atomic E-state index is 13.2. The van der Waals surface area contributed by atoms with Gasteiger partial charge in [0.1, 0.15) is 11.6 Å². The Labute approximate surface area is 195 Å².